The van der Waals surface area contributed by atoms with Crippen LogP contribution in [0.3, 0.4) is 0 Å². The average molecular weight is 349 g/mol. The maximum Gasteiger partial charge on any atom is 0.326 e. The van der Waals surface area contributed by atoms with E-state index in [0.717, 1.165) is 0 Å². The van der Waals surface area contributed by atoms with Gasteiger partial charge in [0.05, 0.1) is 17.9 Å². The molecule has 2 heterocycles. The minimum Gasteiger partial charge on any atom is -0.394 e. The molecule has 0 amide bonds. The molecule has 0 aliphatic carbocycles. The zero-order valence-electron chi connectivity index (χ0n) is 10.1. The number of aliphatic hydroxyl groups excluding tert-OH is 3. The Bertz CT molecular complexity index is 624. The van der Waals surface area contributed by atoms with Crippen LogP contribution < -0.4 is 11.2 Å². The zero-order chi connectivity index (χ0) is 14.9. The molecule has 20 heavy (non-hydrogen) atoms. The molecular formula is C11H13BrN2O6. The summed E-state index contributed by atoms with van der Waals surface area (Å²) in [6, 6.07) is 0. The first-order valence-electron chi connectivity index (χ1n) is 5.75. The fourth-order valence-corrected chi connectivity index (χ4v) is 2.37. The van der Waals surface area contributed by atoms with Crippen molar-refractivity contribution in [3.8, 4) is 0 Å². The largest absolute Gasteiger partial charge is 0.394 e. The van der Waals surface area contributed by atoms with E-state index in [-0.39, 0.29) is 11.3 Å². The lowest BCUT2D eigenvalue weighted by Gasteiger charge is -2.16. The molecule has 1 aromatic rings. The molecule has 0 aromatic carbocycles. The van der Waals surface area contributed by atoms with Gasteiger partial charge in [0.2, 0.25) is 0 Å². The molecule has 2 rings (SSSR count). The normalized spacial score (nSPS) is 30.2. The Kier molecular flexibility index (Phi) is 4.55. The molecule has 1 unspecified atom stereocenters. The molecule has 110 valence electrons. The van der Waals surface area contributed by atoms with E-state index < -0.39 is 42.3 Å². The highest BCUT2D eigenvalue weighted by atomic mass is 79.9. The molecule has 0 radical (unpaired) electrons. The molecule has 5 N–H and O–H groups in total. The number of aromatic nitrogens is 2. The predicted octanol–water partition coefficient (Wildman–Crippen LogP) is -1.42. The molecule has 1 aliphatic heterocycles. The van der Waals surface area contributed by atoms with Gasteiger partial charge < -0.3 is 25.0 Å². The van der Waals surface area contributed by atoms with Crippen molar-refractivity contribution in [2.24, 2.45) is 0 Å². The fourth-order valence-electron chi connectivity index (χ4n) is 2.10. The van der Waals surface area contributed by atoms with Gasteiger partial charge in [-0.1, -0.05) is 15.9 Å². The number of hydrogen-bond donors (Lipinski definition) is 5. The second kappa shape index (κ2) is 6.02. The molecule has 1 aromatic heterocycles. The van der Waals surface area contributed by atoms with Crippen LogP contribution in [0.2, 0.25) is 0 Å². The zero-order valence-corrected chi connectivity index (χ0v) is 11.7. The van der Waals surface area contributed by atoms with Crippen LogP contribution in [0.15, 0.2) is 14.6 Å². The van der Waals surface area contributed by atoms with E-state index in [2.05, 4.69) is 25.9 Å². The van der Waals surface area contributed by atoms with E-state index in [1.165, 1.54) is 11.1 Å². The number of hydrogen-bond acceptors (Lipinski definition) is 6. The Hall–Kier alpha value is -1.26. The van der Waals surface area contributed by atoms with Crippen LogP contribution in [0, 0.1) is 0 Å². The molecule has 4 atom stereocenters. The number of aliphatic hydroxyl groups is 3. The summed E-state index contributed by atoms with van der Waals surface area (Å²) in [6.07, 6.45) is -3.41. The average Bonchev–Trinajstić information content (AvgIpc) is 2.69. The third-order valence-corrected chi connectivity index (χ3v) is 3.33. The highest BCUT2D eigenvalue weighted by molar-refractivity contribution is 9.11. The van der Waals surface area contributed by atoms with Crippen LogP contribution in [-0.4, -0.2) is 50.2 Å². The quantitative estimate of drug-likeness (QED) is 0.455. The summed E-state index contributed by atoms with van der Waals surface area (Å²) in [5.41, 5.74) is -1.29. The minimum atomic E-state index is -1.37. The van der Waals surface area contributed by atoms with Crippen molar-refractivity contribution in [1.82, 2.24) is 9.97 Å². The Morgan fingerprint density at radius 1 is 1.25 bits per heavy atom. The molecular weight excluding hydrogens is 336 g/mol. The van der Waals surface area contributed by atoms with Gasteiger partial charge in [-0.2, -0.15) is 0 Å². The Morgan fingerprint density at radius 2 is 1.95 bits per heavy atom. The molecule has 0 spiro atoms. The molecule has 8 nitrogen and oxygen atoms in total. The van der Waals surface area contributed by atoms with Gasteiger partial charge in [-0.3, -0.25) is 9.78 Å². The molecule has 0 bridgehead atoms. The van der Waals surface area contributed by atoms with E-state index in [0.29, 0.717) is 0 Å². The second-order valence-corrected chi connectivity index (χ2v) is 4.82. The summed E-state index contributed by atoms with van der Waals surface area (Å²) < 4.78 is 5.30. The van der Waals surface area contributed by atoms with Crippen LogP contribution in [0.25, 0.3) is 6.08 Å². The maximum absolute atomic E-state index is 11.8. The predicted molar refractivity (Wildman–Crippen MR) is 72.4 cm³/mol. The number of H-pyrrole nitrogens is 2. The summed E-state index contributed by atoms with van der Waals surface area (Å²) in [5.74, 6) is 0. The molecule has 1 fully saturated rings. The molecule has 1 aliphatic rings. The van der Waals surface area contributed by atoms with Crippen LogP contribution in [0.1, 0.15) is 17.4 Å². The van der Waals surface area contributed by atoms with E-state index in [4.69, 9.17) is 9.84 Å². The number of rotatable bonds is 3. The lowest BCUT2D eigenvalue weighted by molar-refractivity contribution is -0.0241. The summed E-state index contributed by atoms with van der Waals surface area (Å²) >= 11 is 3.02. The van der Waals surface area contributed by atoms with Crippen LogP contribution in [0.5, 0.6) is 0 Å². The van der Waals surface area contributed by atoms with Gasteiger partial charge in [0.25, 0.3) is 5.56 Å². The summed E-state index contributed by atoms with van der Waals surface area (Å²) in [6.45, 7) is -0.494. The van der Waals surface area contributed by atoms with Gasteiger partial charge >= 0.3 is 5.69 Å². The summed E-state index contributed by atoms with van der Waals surface area (Å²) in [4.78, 5) is 29.0. The SMILES string of the molecule is O=c1[nH]c(C2O[C@H](CO)[C@@H](O)[C@@H]2O)c(/C=C/Br)c(=O)[nH]1. The fraction of sp³-hybridized carbons (Fsp3) is 0.455. The van der Waals surface area contributed by atoms with Crippen molar-refractivity contribution in [3.63, 3.8) is 0 Å². The van der Waals surface area contributed by atoms with E-state index >= 15 is 0 Å². The lowest BCUT2D eigenvalue weighted by Crippen LogP contribution is -2.34. The first kappa shape index (κ1) is 15.1. The van der Waals surface area contributed by atoms with Crippen molar-refractivity contribution in [2.45, 2.75) is 24.4 Å². The van der Waals surface area contributed by atoms with Crippen LogP contribution in [0.4, 0.5) is 0 Å². The van der Waals surface area contributed by atoms with E-state index in [1.54, 1.807) is 0 Å². The number of ether oxygens (including phenoxy) is 1. The standard InChI is InChI=1S/C11H13BrN2O6/c12-2-1-4-6(13-11(19)14-10(4)18)9-8(17)7(16)5(3-15)20-9/h1-2,5,7-9,15-17H,3H2,(H2,13,14,18,19)/b2-1+/t5-,7-,8+,9?/m1/s1. The number of aromatic amines is 2. The number of halogens is 1. The van der Waals surface area contributed by atoms with Gasteiger partial charge in [0, 0.05) is 0 Å². The van der Waals surface area contributed by atoms with Crippen molar-refractivity contribution in [3.05, 3.63) is 37.1 Å². The molecule has 0 saturated carbocycles. The monoisotopic (exact) mass is 348 g/mol. The lowest BCUT2D eigenvalue weighted by atomic mass is 10.0. The third kappa shape index (κ3) is 2.63. The highest BCUT2D eigenvalue weighted by Gasteiger charge is 2.44. The molecule has 1 saturated heterocycles. The van der Waals surface area contributed by atoms with Gasteiger partial charge in [0.1, 0.15) is 24.4 Å². The van der Waals surface area contributed by atoms with Crippen molar-refractivity contribution < 1.29 is 20.1 Å². The van der Waals surface area contributed by atoms with Crippen LogP contribution in [-0.2, 0) is 4.74 Å². The minimum absolute atomic E-state index is 0.0388. The number of nitrogens with one attached hydrogen (secondary N) is 2. The van der Waals surface area contributed by atoms with Crippen molar-refractivity contribution in [1.29, 1.82) is 0 Å². The topological polar surface area (TPSA) is 136 Å². The Labute approximate surface area is 120 Å². The van der Waals surface area contributed by atoms with Gasteiger partial charge in [-0.25, -0.2) is 4.79 Å². The van der Waals surface area contributed by atoms with E-state index in [1.807, 2.05) is 0 Å². The third-order valence-electron chi connectivity index (χ3n) is 3.07. The Morgan fingerprint density at radius 3 is 2.50 bits per heavy atom. The second-order valence-electron chi connectivity index (χ2n) is 4.29. The smallest absolute Gasteiger partial charge is 0.326 e. The summed E-state index contributed by atoms with van der Waals surface area (Å²) in [7, 11) is 0. The van der Waals surface area contributed by atoms with Gasteiger partial charge in [-0.05, 0) is 11.1 Å². The maximum atomic E-state index is 11.8. The first-order valence-corrected chi connectivity index (χ1v) is 6.67. The van der Waals surface area contributed by atoms with Gasteiger partial charge in [0.15, 0.2) is 0 Å². The Balaban J connectivity index is 2.53. The van der Waals surface area contributed by atoms with Crippen LogP contribution >= 0.6 is 15.9 Å². The molecule has 9 heteroatoms. The highest BCUT2D eigenvalue weighted by Crippen LogP contribution is 2.33. The van der Waals surface area contributed by atoms with Crippen molar-refractivity contribution >= 4 is 22.0 Å². The van der Waals surface area contributed by atoms with Crippen molar-refractivity contribution in [2.75, 3.05) is 6.61 Å². The summed E-state index contributed by atoms with van der Waals surface area (Å²) in [5, 5.41) is 28.7. The first-order chi connectivity index (χ1) is 9.49. The van der Waals surface area contributed by atoms with Gasteiger partial charge in [-0.15, -0.1) is 0 Å². The van der Waals surface area contributed by atoms with E-state index in [9.17, 15) is 19.8 Å².